The van der Waals surface area contributed by atoms with Crippen molar-refractivity contribution in [2.24, 2.45) is 0 Å². The Kier molecular flexibility index (Phi) is 6.68. The van der Waals surface area contributed by atoms with Crippen LogP contribution in [0.2, 0.25) is 10.0 Å². The maximum atomic E-state index is 6.50. The molecule has 1 N–H and O–H groups in total. The number of aryl methyl sites for hydroxylation is 2. The predicted octanol–water partition coefficient (Wildman–Crippen LogP) is 6.69. The minimum atomic E-state index is 0.371. The number of aromatic nitrogens is 3. The zero-order valence-electron chi connectivity index (χ0n) is 19.4. The maximum absolute atomic E-state index is 6.50. The molecule has 0 bridgehead atoms. The van der Waals surface area contributed by atoms with Gasteiger partial charge in [-0.3, -0.25) is 9.88 Å². The third-order valence-electron chi connectivity index (χ3n) is 6.50. The summed E-state index contributed by atoms with van der Waals surface area (Å²) >= 11 is 12.5. The summed E-state index contributed by atoms with van der Waals surface area (Å²) in [5.41, 5.74) is 6.03. The molecule has 0 radical (unpaired) electrons. The fraction of sp³-hybridized carbons (Fsp3) is 0.296. The molecule has 0 saturated carbocycles. The first-order valence-electron chi connectivity index (χ1n) is 11.6. The van der Waals surface area contributed by atoms with E-state index in [1.165, 1.54) is 5.56 Å². The minimum absolute atomic E-state index is 0.371. The lowest BCUT2D eigenvalue weighted by atomic mass is 10.0. The van der Waals surface area contributed by atoms with Crippen LogP contribution in [-0.4, -0.2) is 39.0 Å². The zero-order chi connectivity index (χ0) is 23.7. The average Bonchev–Trinajstić information content (AvgIpc) is 2.83. The number of hydrogen-bond acceptors (Lipinski definition) is 5. The third kappa shape index (κ3) is 5.02. The number of nitrogens with one attached hydrogen (secondary N) is 1. The van der Waals surface area contributed by atoms with E-state index in [1.807, 2.05) is 38.1 Å². The van der Waals surface area contributed by atoms with E-state index in [0.717, 1.165) is 70.9 Å². The molecule has 1 fully saturated rings. The van der Waals surface area contributed by atoms with Gasteiger partial charge in [-0.05, 0) is 68.1 Å². The number of anilines is 1. The van der Waals surface area contributed by atoms with E-state index in [-0.39, 0.29) is 0 Å². The number of halogens is 2. The second kappa shape index (κ2) is 9.87. The molecule has 2 aromatic carbocycles. The summed E-state index contributed by atoms with van der Waals surface area (Å²) in [7, 11) is 0. The highest BCUT2D eigenvalue weighted by Crippen LogP contribution is 2.32. The molecule has 3 heterocycles. The Morgan fingerprint density at radius 2 is 1.71 bits per heavy atom. The van der Waals surface area contributed by atoms with Crippen molar-refractivity contribution in [3.05, 3.63) is 81.7 Å². The first kappa shape index (κ1) is 23.0. The molecule has 0 unspecified atom stereocenters. The second-order valence-electron chi connectivity index (χ2n) is 8.94. The Morgan fingerprint density at radius 1 is 0.941 bits per heavy atom. The topological polar surface area (TPSA) is 53.9 Å². The van der Waals surface area contributed by atoms with Crippen molar-refractivity contribution in [3.8, 4) is 11.1 Å². The summed E-state index contributed by atoms with van der Waals surface area (Å²) in [6.45, 7) is 7.00. The molecule has 7 heteroatoms. The number of nitrogens with zero attached hydrogens (tertiary/aromatic N) is 4. The summed E-state index contributed by atoms with van der Waals surface area (Å²) in [6.07, 6.45) is 3.91. The lowest BCUT2D eigenvalue weighted by molar-refractivity contribution is 0.211. The summed E-state index contributed by atoms with van der Waals surface area (Å²) in [6, 6.07) is 16.7. The van der Waals surface area contributed by atoms with Crippen LogP contribution in [0.1, 0.15) is 29.8 Å². The number of hydrogen-bond donors (Lipinski definition) is 1. The van der Waals surface area contributed by atoms with Crippen LogP contribution in [0.25, 0.3) is 22.0 Å². The monoisotopic (exact) mass is 491 g/mol. The van der Waals surface area contributed by atoms with Crippen LogP contribution >= 0.6 is 23.2 Å². The molecule has 5 rings (SSSR count). The van der Waals surface area contributed by atoms with Gasteiger partial charge in [-0.15, -0.1) is 0 Å². The predicted molar refractivity (Wildman–Crippen MR) is 141 cm³/mol. The van der Waals surface area contributed by atoms with Gasteiger partial charge in [0.1, 0.15) is 0 Å². The van der Waals surface area contributed by atoms with Crippen LogP contribution in [-0.2, 0) is 6.54 Å². The second-order valence-corrected chi connectivity index (χ2v) is 9.76. The Bertz CT molecular complexity index is 1310. The normalized spacial score (nSPS) is 15.1. The van der Waals surface area contributed by atoms with Crippen LogP contribution < -0.4 is 5.32 Å². The zero-order valence-corrected chi connectivity index (χ0v) is 20.9. The van der Waals surface area contributed by atoms with Crippen molar-refractivity contribution in [2.75, 3.05) is 18.4 Å². The SMILES string of the molecule is Cc1nccc(-c2ccc3nc(NC4CCN(Cc5ccc(Cl)cc5)CC4)nc(C)c3c2)c1Cl. The summed E-state index contributed by atoms with van der Waals surface area (Å²) < 4.78 is 0. The van der Waals surface area contributed by atoms with Gasteiger partial charge in [0.15, 0.2) is 0 Å². The number of benzene rings is 2. The molecule has 4 aromatic rings. The van der Waals surface area contributed by atoms with Gasteiger partial charge >= 0.3 is 0 Å². The first-order valence-corrected chi connectivity index (χ1v) is 12.3. The van der Waals surface area contributed by atoms with Gasteiger partial charge in [0.2, 0.25) is 5.95 Å². The van der Waals surface area contributed by atoms with E-state index in [0.29, 0.717) is 17.0 Å². The molecule has 2 aromatic heterocycles. The number of piperidine rings is 1. The van der Waals surface area contributed by atoms with Crippen LogP contribution in [0.15, 0.2) is 54.7 Å². The van der Waals surface area contributed by atoms with Gasteiger partial charge in [0.25, 0.3) is 0 Å². The number of fused-ring (bicyclic) bond motifs is 1. The van der Waals surface area contributed by atoms with Crippen molar-refractivity contribution < 1.29 is 0 Å². The van der Waals surface area contributed by atoms with Crippen molar-refractivity contribution in [1.29, 1.82) is 0 Å². The van der Waals surface area contributed by atoms with Crippen molar-refractivity contribution in [3.63, 3.8) is 0 Å². The number of likely N-dealkylation sites (tertiary alicyclic amines) is 1. The van der Waals surface area contributed by atoms with Gasteiger partial charge in [-0.25, -0.2) is 9.97 Å². The highest BCUT2D eigenvalue weighted by Gasteiger charge is 2.20. The third-order valence-corrected chi connectivity index (χ3v) is 7.23. The fourth-order valence-electron chi connectivity index (χ4n) is 4.55. The molecule has 0 atom stereocenters. The van der Waals surface area contributed by atoms with Crippen molar-refractivity contribution in [1.82, 2.24) is 19.9 Å². The van der Waals surface area contributed by atoms with Gasteiger partial charge in [0.05, 0.1) is 21.9 Å². The number of rotatable bonds is 5. The van der Waals surface area contributed by atoms with Crippen LogP contribution in [0.4, 0.5) is 5.95 Å². The molecule has 5 nitrogen and oxygen atoms in total. The Morgan fingerprint density at radius 3 is 2.47 bits per heavy atom. The van der Waals surface area contributed by atoms with Crippen molar-refractivity contribution in [2.45, 2.75) is 39.3 Å². The van der Waals surface area contributed by atoms with E-state index in [9.17, 15) is 0 Å². The van der Waals surface area contributed by atoms with Crippen LogP contribution in [0.3, 0.4) is 0 Å². The van der Waals surface area contributed by atoms with Gasteiger partial charge < -0.3 is 5.32 Å². The van der Waals surface area contributed by atoms with Gasteiger partial charge in [-0.1, -0.05) is 41.4 Å². The van der Waals surface area contributed by atoms with Crippen LogP contribution in [0.5, 0.6) is 0 Å². The molecule has 1 saturated heterocycles. The lowest BCUT2D eigenvalue weighted by Crippen LogP contribution is -2.39. The first-order chi connectivity index (χ1) is 16.5. The molecular formula is C27H27Cl2N5. The minimum Gasteiger partial charge on any atom is -0.351 e. The highest BCUT2D eigenvalue weighted by molar-refractivity contribution is 6.34. The highest BCUT2D eigenvalue weighted by atomic mass is 35.5. The molecule has 1 aliphatic heterocycles. The molecule has 34 heavy (non-hydrogen) atoms. The largest absolute Gasteiger partial charge is 0.351 e. The fourth-order valence-corrected chi connectivity index (χ4v) is 4.90. The van der Waals surface area contributed by atoms with E-state index in [2.05, 4.69) is 39.5 Å². The smallest absolute Gasteiger partial charge is 0.223 e. The molecule has 0 amide bonds. The molecule has 0 spiro atoms. The standard InChI is InChI=1S/C27H27Cl2N5/c1-17-24-15-20(23-9-12-30-18(2)26(23)29)5-8-25(24)33-27(31-17)32-22-10-13-34(14-11-22)16-19-3-6-21(28)7-4-19/h3-9,12,15,22H,10-11,13-14,16H2,1-2H3,(H,31,32,33). The molecular weight excluding hydrogens is 465 g/mol. The Balaban J connectivity index is 1.27. The Labute approximate surface area is 210 Å². The summed E-state index contributed by atoms with van der Waals surface area (Å²) in [5, 5.41) is 6.07. The van der Waals surface area contributed by atoms with Gasteiger partial charge in [-0.2, -0.15) is 0 Å². The maximum Gasteiger partial charge on any atom is 0.223 e. The molecule has 174 valence electrons. The van der Waals surface area contributed by atoms with Gasteiger partial charge in [0, 0.05) is 47.8 Å². The van der Waals surface area contributed by atoms with E-state index in [4.69, 9.17) is 33.2 Å². The van der Waals surface area contributed by atoms with E-state index < -0.39 is 0 Å². The summed E-state index contributed by atoms with van der Waals surface area (Å²) in [5.74, 6) is 0.701. The Hall–Kier alpha value is -2.73. The number of pyridine rings is 1. The van der Waals surface area contributed by atoms with Crippen molar-refractivity contribution >= 4 is 40.1 Å². The quantitative estimate of drug-likeness (QED) is 0.336. The van der Waals surface area contributed by atoms with E-state index in [1.54, 1.807) is 6.20 Å². The van der Waals surface area contributed by atoms with E-state index >= 15 is 0 Å². The lowest BCUT2D eigenvalue weighted by Gasteiger charge is -2.32. The average molecular weight is 492 g/mol. The van der Waals surface area contributed by atoms with Crippen LogP contribution in [0, 0.1) is 13.8 Å². The molecule has 0 aliphatic carbocycles. The molecule has 1 aliphatic rings. The summed E-state index contributed by atoms with van der Waals surface area (Å²) in [4.78, 5) is 16.3.